The predicted octanol–water partition coefficient (Wildman–Crippen LogP) is 6.11. The summed E-state index contributed by atoms with van der Waals surface area (Å²) in [5, 5.41) is 25.2. The molecule has 0 atom stereocenters. The number of fused-ring (bicyclic) bond motifs is 1. The van der Waals surface area contributed by atoms with Crippen LogP contribution in [0, 0.1) is 36.5 Å². The van der Waals surface area contributed by atoms with E-state index in [0.717, 1.165) is 50.2 Å². The predicted molar refractivity (Wildman–Crippen MR) is 133 cm³/mol. The number of hydrogen-bond acceptors (Lipinski definition) is 6. The minimum atomic E-state index is 0.466. The lowest BCUT2D eigenvalue weighted by Crippen LogP contribution is -2.03. The fourth-order valence-electron chi connectivity index (χ4n) is 4.01. The van der Waals surface area contributed by atoms with Gasteiger partial charge in [0.25, 0.3) is 0 Å². The normalized spacial score (nSPS) is 10.7. The zero-order chi connectivity index (χ0) is 23.4. The molecule has 0 saturated heterocycles. The van der Waals surface area contributed by atoms with Crippen LogP contribution in [0.4, 0.5) is 17.5 Å². The lowest BCUT2D eigenvalue weighted by Gasteiger charge is -2.16. The minimum Gasteiger partial charge on any atom is -0.372 e. The number of aryl methyl sites for hydroxylation is 2. The summed E-state index contributed by atoms with van der Waals surface area (Å²) < 4.78 is 0. The van der Waals surface area contributed by atoms with E-state index in [9.17, 15) is 0 Å². The third kappa shape index (κ3) is 4.37. The molecule has 6 nitrogen and oxygen atoms in total. The molecule has 1 aromatic heterocycles. The number of hydrogen-bond donors (Lipinski definition) is 2. The van der Waals surface area contributed by atoms with Gasteiger partial charge < -0.3 is 10.6 Å². The number of allylic oxidation sites excluding steroid dienone is 1. The van der Waals surface area contributed by atoms with Crippen molar-refractivity contribution >= 4 is 34.4 Å². The third-order valence-corrected chi connectivity index (χ3v) is 5.41. The molecule has 0 aliphatic rings. The summed E-state index contributed by atoms with van der Waals surface area (Å²) in [7, 11) is 1.84. The van der Waals surface area contributed by atoms with Gasteiger partial charge in [-0.25, -0.2) is 4.98 Å². The van der Waals surface area contributed by atoms with Gasteiger partial charge in [-0.15, -0.1) is 0 Å². The van der Waals surface area contributed by atoms with Crippen molar-refractivity contribution in [2.24, 2.45) is 0 Å². The fraction of sp³-hybridized carbons (Fsp3) is 0.111. The average molecular weight is 431 g/mol. The van der Waals surface area contributed by atoms with Crippen LogP contribution < -0.4 is 10.6 Å². The first-order valence-corrected chi connectivity index (χ1v) is 10.5. The molecule has 160 valence electrons. The van der Waals surface area contributed by atoms with Crippen molar-refractivity contribution in [2.75, 3.05) is 17.7 Å². The Bertz CT molecular complexity index is 1430. The zero-order valence-corrected chi connectivity index (χ0v) is 18.6. The monoisotopic (exact) mass is 430 g/mol. The molecule has 4 aromatic rings. The van der Waals surface area contributed by atoms with E-state index in [1.54, 1.807) is 12.1 Å². The van der Waals surface area contributed by atoms with E-state index in [0.29, 0.717) is 11.5 Å². The van der Waals surface area contributed by atoms with Gasteiger partial charge in [0.1, 0.15) is 5.82 Å². The standard InChI is InChI=1S/C27H22N6/c1-17-14-20(6-5-13-28)15-18(2)24(17)22-7-4-8-23-25(22)32-27(33-26(23)30-3)31-21-11-9-19(16-29)10-12-21/h4-12,14-15H,1-3H3,(H2,30,31,32,33)/b6-5+. The summed E-state index contributed by atoms with van der Waals surface area (Å²) in [5.74, 6) is 1.19. The highest BCUT2D eigenvalue weighted by Crippen LogP contribution is 2.36. The van der Waals surface area contributed by atoms with Gasteiger partial charge in [0.2, 0.25) is 5.95 Å². The van der Waals surface area contributed by atoms with Gasteiger partial charge in [-0.05, 0) is 72.5 Å². The van der Waals surface area contributed by atoms with Crippen molar-refractivity contribution in [1.29, 1.82) is 10.5 Å². The van der Waals surface area contributed by atoms with Crippen molar-refractivity contribution in [3.8, 4) is 23.3 Å². The van der Waals surface area contributed by atoms with Gasteiger partial charge in [0, 0.05) is 29.8 Å². The first-order valence-electron chi connectivity index (χ1n) is 10.5. The maximum absolute atomic E-state index is 9.03. The Morgan fingerprint density at radius 3 is 2.30 bits per heavy atom. The third-order valence-electron chi connectivity index (χ3n) is 5.41. The average Bonchev–Trinajstić information content (AvgIpc) is 2.82. The molecule has 0 amide bonds. The van der Waals surface area contributed by atoms with Gasteiger partial charge in [0.05, 0.1) is 23.2 Å². The molecule has 0 unspecified atom stereocenters. The summed E-state index contributed by atoms with van der Waals surface area (Å²) in [4.78, 5) is 9.51. The Morgan fingerprint density at radius 1 is 0.939 bits per heavy atom. The molecule has 4 rings (SSSR count). The van der Waals surface area contributed by atoms with Crippen LogP contribution in [-0.4, -0.2) is 17.0 Å². The van der Waals surface area contributed by atoms with E-state index >= 15 is 0 Å². The van der Waals surface area contributed by atoms with E-state index < -0.39 is 0 Å². The highest BCUT2D eigenvalue weighted by molar-refractivity contribution is 6.01. The largest absolute Gasteiger partial charge is 0.372 e. The lowest BCUT2D eigenvalue weighted by molar-refractivity contribution is 1.20. The quantitative estimate of drug-likeness (QED) is 0.371. The van der Waals surface area contributed by atoms with Crippen molar-refractivity contribution in [3.63, 3.8) is 0 Å². The molecule has 1 heterocycles. The molecule has 0 radical (unpaired) electrons. The molecule has 0 spiro atoms. The Labute approximate surface area is 192 Å². The molecular formula is C27H22N6. The second-order valence-electron chi connectivity index (χ2n) is 7.65. The van der Waals surface area contributed by atoms with Crippen LogP contribution >= 0.6 is 0 Å². The lowest BCUT2D eigenvalue weighted by atomic mass is 9.92. The number of anilines is 3. The summed E-state index contributed by atoms with van der Waals surface area (Å²) in [5.41, 5.74) is 7.55. The van der Waals surface area contributed by atoms with E-state index in [-0.39, 0.29) is 0 Å². The van der Waals surface area contributed by atoms with Crippen molar-refractivity contribution < 1.29 is 0 Å². The topological polar surface area (TPSA) is 97.4 Å². The molecule has 33 heavy (non-hydrogen) atoms. The molecule has 0 aliphatic heterocycles. The molecule has 3 aromatic carbocycles. The first kappa shape index (κ1) is 21.5. The molecule has 2 N–H and O–H groups in total. The Kier molecular flexibility index (Phi) is 6.02. The van der Waals surface area contributed by atoms with Gasteiger partial charge >= 0.3 is 0 Å². The maximum Gasteiger partial charge on any atom is 0.229 e. The minimum absolute atomic E-state index is 0.466. The Hall–Kier alpha value is -4.68. The van der Waals surface area contributed by atoms with Crippen molar-refractivity contribution in [3.05, 3.63) is 82.9 Å². The summed E-state index contributed by atoms with van der Waals surface area (Å²) in [6.45, 7) is 4.14. The van der Waals surface area contributed by atoms with E-state index in [1.165, 1.54) is 6.08 Å². The van der Waals surface area contributed by atoms with Crippen LogP contribution in [0.15, 0.2) is 60.7 Å². The molecule has 0 aliphatic carbocycles. The van der Waals surface area contributed by atoms with Crippen LogP contribution in [0.2, 0.25) is 0 Å². The molecule has 0 fully saturated rings. The van der Waals surface area contributed by atoms with Crippen LogP contribution in [-0.2, 0) is 0 Å². The second kappa shape index (κ2) is 9.21. The van der Waals surface area contributed by atoms with Crippen LogP contribution in [0.25, 0.3) is 28.1 Å². The van der Waals surface area contributed by atoms with Crippen LogP contribution in [0.3, 0.4) is 0 Å². The van der Waals surface area contributed by atoms with Gasteiger partial charge in [-0.3, -0.25) is 0 Å². The van der Waals surface area contributed by atoms with Crippen LogP contribution in [0.1, 0.15) is 22.3 Å². The highest BCUT2D eigenvalue weighted by Gasteiger charge is 2.15. The van der Waals surface area contributed by atoms with Gasteiger partial charge in [-0.1, -0.05) is 24.3 Å². The number of aromatic nitrogens is 2. The van der Waals surface area contributed by atoms with Gasteiger partial charge in [-0.2, -0.15) is 15.5 Å². The maximum atomic E-state index is 9.03. The number of nitrogens with one attached hydrogen (secondary N) is 2. The number of benzene rings is 3. The Morgan fingerprint density at radius 2 is 1.67 bits per heavy atom. The summed E-state index contributed by atoms with van der Waals surface area (Å²) >= 11 is 0. The molecular weight excluding hydrogens is 408 g/mol. The molecule has 6 heteroatoms. The number of nitriles is 2. The van der Waals surface area contributed by atoms with Crippen molar-refractivity contribution in [2.45, 2.75) is 13.8 Å². The fourth-order valence-corrected chi connectivity index (χ4v) is 4.01. The smallest absolute Gasteiger partial charge is 0.229 e. The second-order valence-corrected chi connectivity index (χ2v) is 7.65. The van der Waals surface area contributed by atoms with E-state index in [1.807, 2.05) is 43.5 Å². The summed E-state index contributed by atoms with van der Waals surface area (Å²) in [6.07, 6.45) is 3.30. The van der Waals surface area contributed by atoms with Crippen molar-refractivity contribution in [1.82, 2.24) is 9.97 Å². The number of nitrogens with zero attached hydrogens (tertiary/aromatic N) is 4. The highest BCUT2D eigenvalue weighted by atomic mass is 15.1. The zero-order valence-electron chi connectivity index (χ0n) is 18.6. The summed E-state index contributed by atoms with van der Waals surface area (Å²) in [6, 6.07) is 21.6. The SMILES string of the molecule is CNc1nc(Nc2ccc(C#N)cc2)nc2c(-c3c(C)cc(/C=C/C#N)cc3C)cccc12. The molecule has 0 saturated carbocycles. The van der Waals surface area contributed by atoms with E-state index in [2.05, 4.69) is 53.7 Å². The number of rotatable bonds is 5. The number of para-hydroxylation sites is 1. The van der Waals surface area contributed by atoms with E-state index in [4.69, 9.17) is 15.5 Å². The Balaban J connectivity index is 1.86. The first-order chi connectivity index (χ1) is 16.0. The van der Waals surface area contributed by atoms with Gasteiger partial charge in [0.15, 0.2) is 0 Å². The van der Waals surface area contributed by atoms with Crippen LogP contribution in [0.5, 0.6) is 0 Å². The molecule has 0 bridgehead atoms.